The normalized spacial score (nSPS) is 16.3. The van der Waals surface area contributed by atoms with Crippen molar-refractivity contribution in [3.05, 3.63) is 156 Å². The van der Waals surface area contributed by atoms with E-state index in [1.54, 1.807) is 37.0 Å². The molecule has 43 heteroatoms. The molecule has 0 radical (unpaired) electrons. The molecule has 7 aromatic rings. The lowest BCUT2D eigenvalue weighted by Gasteiger charge is -2.27. The van der Waals surface area contributed by atoms with Gasteiger partial charge in [0.15, 0.2) is 0 Å². The Balaban J connectivity index is 0.783. The summed E-state index contributed by atoms with van der Waals surface area (Å²) in [4.78, 5) is 234. The Hall–Kier alpha value is -12.7. The van der Waals surface area contributed by atoms with Gasteiger partial charge in [0.25, 0.3) is 0 Å². The number of aromatic nitrogens is 4. The second-order valence-electron chi connectivity index (χ2n) is 32.8. The first-order chi connectivity index (χ1) is 63.9. The summed E-state index contributed by atoms with van der Waals surface area (Å²) in [6, 6.07) is 14.9. The molecule has 14 atom stereocenters. The van der Waals surface area contributed by atoms with Crippen molar-refractivity contribution in [1.29, 1.82) is 0 Å². The molecule has 0 spiro atoms. The van der Waals surface area contributed by atoms with Gasteiger partial charge < -0.3 is 122 Å². The lowest BCUT2D eigenvalue weighted by Crippen LogP contribution is -2.60. The molecule has 2 fully saturated rings. The van der Waals surface area contributed by atoms with Gasteiger partial charge in [-0.2, -0.15) is 35.3 Å². The SMILES string of the molecule is CSCC[C@H](NC(=O)[C@H](C)NC(=O)[C@H](Cc1c[nH]c2ccccc12)NC(=O)[C@H](C)NC(=O)[C@H](Cc1c[nH]cn1)NC(=O)[C@H](Cc1c[nH]c2ccccc12)NC(=O)[C@@H](N)Cc1ccccc1)C(=O)N[C@@H](CCSC)C(=O)N[C@@H](Cc1ccc(O)cc1)C(=O)N[C@@H](CCCCN)C(=O)NCC(=O)NCC(=O)NCC(=O)N[C@@H](CCCCNC(=O)CCCC[C@@H]1SC[C@@H]2NC(=O)N[C@@H]21)C(N)=O. The largest absolute Gasteiger partial charge is 0.508 e. The monoisotopic (exact) mass is 1890 g/mol. The molecule has 40 nitrogen and oxygen atoms in total. The van der Waals surface area contributed by atoms with Gasteiger partial charge in [-0.1, -0.05) is 85.3 Å². The number of nitrogens with two attached hydrogens (primary N) is 3. The Morgan fingerprint density at radius 2 is 0.947 bits per heavy atom. The Labute approximate surface area is 782 Å². The van der Waals surface area contributed by atoms with Crippen molar-refractivity contribution in [1.82, 2.24) is 105 Å². The minimum atomic E-state index is -1.47. The third-order valence-corrected chi connectivity index (χ3v) is 25.4. The molecule has 4 aromatic carbocycles. The Bertz CT molecular complexity index is 5110. The third-order valence-electron chi connectivity index (χ3n) is 22.6. The lowest BCUT2D eigenvalue weighted by atomic mass is 10.0. The van der Waals surface area contributed by atoms with E-state index >= 15 is 0 Å². The number of phenols is 1. The Kier molecular flexibility index (Phi) is 42.0. The number of imidazole rings is 1. The van der Waals surface area contributed by atoms with Gasteiger partial charge in [0, 0.05) is 90.0 Å². The first-order valence-corrected chi connectivity index (χ1v) is 48.2. The molecule has 2 saturated heterocycles. The summed E-state index contributed by atoms with van der Waals surface area (Å²) in [5, 5.41) is 54.9. The number of rotatable bonds is 57. The van der Waals surface area contributed by atoms with E-state index in [0.29, 0.717) is 95.1 Å². The average Bonchev–Trinajstić information content (AvgIpc) is 1.46. The number of nitrogens with zero attached hydrogens (tertiary/aromatic N) is 1. The predicted molar refractivity (Wildman–Crippen MR) is 505 cm³/mol. The molecule has 2 aliphatic rings. The molecule has 0 unspecified atom stereocenters. The van der Waals surface area contributed by atoms with Crippen molar-refractivity contribution in [3.8, 4) is 5.75 Å². The molecule has 2 aliphatic heterocycles. The van der Waals surface area contributed by atoms with Crippen molar-refractivity contribution in [2.45, 2.75) is 207 Å². The predicted octanol–water partition coefficient (Wildman–Crippen LogP) is -0.712. The number of thioether (sulfide) groups is 3. The Morgan fingerprint density at radius 1 is 0.466 bits per heavy atom. The standard InChI is InChI=1S/C90H123N23O17S3/c1-51(102-86(126)69(40-55-43-96-62-22-10-8-20-59(55)62)108-81(121)52(2)103-87(127)71(42-57-45-94-50-101-57)111-89(129)70(41-56-44-97-63-23-11-9-21-60(56)63)109-82(122)61(92)38-53-18-6-5-7-19-53)80(120)105-66(32-36-131-3)84(124)107-67(33-37-132-4)85(125)110-68(39-54-28-30-58(114)31-29-54)88(128)106-65(25-14-16-34-91)83(123)100-47-76(117)98-46-75(116)99-48-77(118)104-64(79(93)119)24-15-17-35-95-74(115)27-13-12-26-73-78-72(49-133-73)112-90(130)113-78/h5-11,18-23,28-31,43-45,50-52,61,64-73,78,96-97,114H,12-17,24-27,32-42,46-49,91-92H2,1-4H3,(H2,93,119)(H,94,101)(H,95,115)(H,98,117)(H,99,116)(H,100,123)(H,102,126)(H,103,127)(H,104,118)(H,105,120)(H,106,128)(H,107,124)(H,108,121)(H,109,122)(H,110,125)(H,111,129)(H2,112,113,130)/t51-,52-,61-,64-,65-,66-,67-,68-,69-,70-,71-,72-,73-,78-/m0/s1. The summed E-state index contributed by atoms with van der Waals surface area (Å²) in [6.07, 6.45) is 13.9. The maximum atomic E-state index is 14.8. The maximum Gasteiger partial charge on any atom is 0.315 e. The van der Waals surface area contributed by atoms with Gasteiger partial charge in [-0.3, -0.25) is 71.9 Å². The number of aromatic amines is 3. The number of unbranched alkanes of at least 4 members (excludes halogenated alkanes) is 3. The number of carbonyl (C=O) groups excluding carboxylic acids is 16. The fourth-order valence-corrected chi connectivity index (χ4v) is 17.7. The van der Waals surface area contributed by atoms with E-state index in [0.717, 1.165) is 35.1 Å². The Morgan fingerprint density at radius 3 is 1.51 bits per heavy atom. The van der Waals surface area contributed by atoms with E-state index in [-0.39, 0.29) is 94.1 Å². The number of benzene rings is 4. The van der Waals surface area contributed by atoms with Crippen molar-refractivity contribution < 1.29 is 81.8 Å². The highest BCUT2D eigenvalue weighted by Crippen LogP contribution is 2.33. The van der Waals surface area contributed by atoms with Crippen LogP contribution in [-0.4, -0.2) is 266 Å². The van der Waals surface area contributed by atoms with Gasteiger partial charge in [-0.25, -0.2) is 9.78 Å². The minimum absolute atomic E-state index is 0.00416. The summed E-state index contributed by atoms with van der Waals surface area (Å²) in [5.74, 6) is -10.1. The molecule has 0 saturated carbocycles. The zero-order valence-electron chi connectivity index (χ0n) is 74.8. The van der Waals surface area contributed by atoms with E-state index in [1.165, 1.54) is 74.2 Å². The van der Waals surface area contributed by atoms with E-state index in [9.17, 15) is 81.8 Å². The van der Waals surface area contributed by atoms with Crippen molar-refractivity contribution >= 4 is 152 Å². The number of carbonyl (C=O) groups is 16. The van der Waals surface area contributed by atoms with Crippen molar-refractivity contribution in [2.75, 3.05) is 62.5 Å². The van der Waals surface area contributed by atoms with Crippen LogP contribution < -0.4 is 102 Å². The number of nitrogens with one attached hydrogen (secondary N) is 19. The number of urea groups is 1. The highest BCUT2D eigenvalue weighted by molar-refractivity contribution is 8.00. The van der Waals surface area contributed by atoms with Crippen LogP contribution in [0.1, 0.15) is 119 Å². The molecule has 5 heterocycles. The van der Waals surface area contributed by atoms with Gasteiger partial charge >= 0.3 is 6.03 Å². The average molecular weight is 1900 g/mol. The molecule has 718 valence electrons. The van der Waals surface area contributed by atoms with Crippen LogP contribution in [0.3, 0.4) is 0 Å². The van der Waals surface area contributed by atoms with Crippen LogP contribution in [0.4, 0.5) is 4.79 Å². The fraction of sp³-hybridized carbons (Fsp3) is 0.478. The highest BCUT2D eigenvalue weighted by Gasteiger charge is 2.43. The van der Waals surface area contributed by atoms with E-state index in [2.05, 4.69) is 105 Å². The molecule has 3 aromatic heterocycles. The van der Waals surface area contributed by atoms with Gasteiger partial charge in [-0.05, 0) is 162 Å². The molecule has 9 rings (SSSR count). The van der Waals surface area contributed by atoms with Gasteiger partial charge in [0.05, 0.1) is 49.8 Å². The van der Waals surface area contributed by atoms with Crippen LogP contribution in [0, 0.1) is 0 Å². The molecule has 0 aliphatic carbocycles. The number of fused-ring (bicyclic) bond motifs is 3. The molecule has 133 heavy (non-hydrogen) atoms. The zero-order chi connectivity index (χ0) is 95.9. The number of H-pyrrole nitrogens is 3. The van der Waals surface area contributed by atoms with Crippen LogP contribution in [0.15, 0.2) is 128 Å². The second kappa shape index (κ2) is 53.7. The number of amides is 17. The second-order valence-corrected chi connectivity index (χ2v) is 36.0. The molecule has 26 N–H and O–H groups in total. The number of hydrogen-bond acceptors (Lipinski definition) is 23. The number of primary amides is 1. The quantitative estimate of drug-likeness (QED) is 0.0165. The summed E-state index contributed by atoms with van der Waals surface area (Å²) in [7, 11) is 0. The van der Waals surface area contributed by atoms with Crippen LogP contribution >= 0.6 is 35.3 Å². The van der Waals surface area contributed by atoms with E-state index in [4.69, 9.17) is 17.2 Å². The maximum absolute atomic E-state index is 14.8. The summed E-state index contributed by atoms with van der Waals surface area (Å²) < 4.78 is 0. The van der Waals surface area contributed by atoms with Gasteiger partial charge in [-0.15, -0.1) is 0 Å². The zero-order valence-corrected chi connectivity index (χ0v) is 77.2. The fourth-order valence-electron chi connectivity index (χ4n) is 15.2. The van der Waals surface area contributed by atoms with Crippen LogP contribution in [0.25, 0.3) is 21.8 Å². The minimum Gasteiger partial charge on any atom is -0.508 e. The summed E-state index contributed by atoms with van der Waals surface area (Å²) >= 11 is 4.50. The van der Waals surface area contributed by atoms with Crippen molar-refractivity contribution in [3.63, 3.8) is 0 Å². The van der Waals surface area contributed by atoms with Crippen LogP contribution in [0.5, 0.6) is 5.75 Å². The van der Waals surface area contributed by atoms with Crippen LogP contribution in [0.2, 0.25) is 0 Å². The lowest BCUT2D eigenvalue weighted by molar-refractivity contribution is -0.135. The van der Waals surface area contributed by atoms with Gasteiger partial charge in [0.2, 0.25) is 88.6 Å². The number of para-hydroxylation sites is 2. The van der Waals surface area contributed by atoms with E-state index in [1.807, 2.05) is 78.5 Å². The smallest absolute Gasteiger partial charge is 0.315 e. The molecular weight excluding hydrogens is 1770 g/mol. The summed E-state index contributed by atoms with van der Waals surface area (Å²) in [5.41, 5.74) is 22.2. The number of hydrogen-bond donors (Lipinski definition) is 23. The third kappa shape index (κ3) is 33.8. The number of phenolic OH excluding ortho intramolecular Hbond substituents is 1. The highest BCUT2D eigenvalue weighted by atomic mass is 32.2. The molecule has 0 bridgehead atoms. The first kappa shape index (κ1) is 104. The van der Waals surface area contributed by atoms with Crippen molar-refractivity contribution in [2.24, 2.45) is 17.2 Å². The first-order valence-electron chi connectivity index (χ1n) is 44.4. The van der Waals surface area contributed by atoms with Crippen LogP contribution in [-0.2, 0) is 104 Å². The topological polar surface area (TPSA) is 624 Å². The van der Waals surface area contributed by atoms with E-state index < -0.39 is 169 Å². The van der Waals surface area contributed by atoms with Gasteiger partial charge in [0.1, 0.15) is 66.2 Å². The summed E-state index contributed by atoms with van der Waals surface area (Å²) in [6.45, 7) is 1.36. The molecule has 17 amide bonds. The molecular formula is C90H123N23O17S3. The number of aromatic hydroxyl groups is 1.